The van der Waals surface area contributed by atoms with Crippen LogP contribution in [0.15, 0.2) is 60.7 Å². The number of para-hydroxylation sites is 1. The Bertz CT molecular complexity index is 597. The van der Waals surface area contributed by atoms with Crippen molar-refractivity contribution >= 4 is 11.6 Å². The molecule has 2 atom stereocenters. The van der Waals surface area contributed by atoms with Crippen molar-refractivity contribution in [3.05, 3.63) is 66.2 Å². The molecule has 2 aromatic rings. The maximum absolute atomic E-state index is 12.6. The van der Waals surface area contributed by atoms with Crippen LogP contribution >= 0.6 is 0 Å². The number of nitrogens with zero attached hydrogens (tertiary/aromatic N) is 1. The molecule has 0 aromatic heterocycles. The van der Waals surface area contributed by atoms with Crippen LogP contribution in [0.3, 0.4) is 0 Å². The van der Waals surface area contributed by atoms with Gasteiger partial charge in [-0.25, -0.2) is 0 Å². The van der Waals surface area contributed by atoms with Crippen molar-refractivity contribution in [2.45, 2.75) is 32.0 Å². The Balaban J connectivity index is 1.68. The lowest BCUT2D eigenvalue weighted by molar-refractivity contribution is -0.118. The first-order valence-electron chi connectivity index (χ1n) is 7.41. The van der Waals surface area contributed by atoms with Crippen LogP contribution in [-0.2, 0) is 11.3 Å². The maximum atomic E-state index is 12.6. The number of nitrogens with one attached hydrogen (secondary N) is 1. The Morgan fingerprint density at radius 3 is 2.33 bits per heavy atom. The van der Waals surface area contributed by atoms with Crippen LogP contribution in [0.4, 0.5) is 5.69 Å². The number of amides is 1. The van der Waals surface area contributed by atoms with Gasteiger partial charge in [0, 0.05) is 18.3 Å². The van der Waals surface area contributed by atoms with Gasteiger partial charge in [-0.2, -0.15) is 0 Å². The van der Waals surface area contributed by atoms with Crippen LogP contribution in [0.25, 0.3) is 0 Å². The van der Waals surface area contributed by atoms with Crippen molar-refractivity contribution in [2.24, 2.45) is 0 Å². The van der Waals surface area contributed by atoms with E-state index in [4.69, 9.17) is 0 Å². The van der Waals surface area contributed by atoms with Crippen molar-refractivity contribution in [2.75, 3.05) is 4.90 Å². The zero-order valence-electron chi connectivity index (χ0n) is 12.2. The van der Waals surface area contributed by atoms with Crippen molar-refractivity contribution in [3.63, 3.8) is 0 Å². The second-order valence-corrected chi connectivity index (χ2v) is 5.55. The zero-order chi connectivity index (χ0) is 14.7. The van der Waals surface area contributed by atoms with Crippen LogP contribution in [0.2, 0.25) is 0 Å². The third-order valence-electron chi connectivity index (χ3n) is 3.98. The molecule has 1 fully saturated rings. The van der Waals surface area contributed by atoms with Crippen LogP contribution in [0, 0.1) is 0 Å². The van der Waals surface area contributed by atoms with E-state index in [1.165, 1.54) is 5.56 Å². The van der Waals surface area contributed by atoms with Gasteiger partial charge in [-0.05, 0) is 31.0 Å². The molecule has 21 heavy (non-hydrogen) atoms. The van der Waals surface area contributed by atoms with E-state index < -0.39 is 0 Å². The zero-order valence-corrected chi connectivity index (χ0v) is 12.2. The summed E-state index contributed by atoms with van der Waals surface area (Å²) in [6, 6.07) is 20.2. The molecule has 3 nitrogen and oxygen atoms in total. The van der Waals surface area contributed by atoms with Crippen LogP contribution < -0.4 is 10.2 Å². The molecule has 0 spiro atoms. The second kappa shape index (κ2) is 6.10. The van der Waals surface area contributed by atoms with Crippen molar-refractivity contribution in [1.82, 2.24) is 5.32 Å². The lowest BCUT2D eigenvalue weighted by Gasteiger charge is -2.21. The Kier molecular flexibility index (Phi) is 4.02. The molecule has 1 saturated heterocycles. The molecule has 1 aliphatic heterocycles. The Hall–Kier alpha value is -2.13. The Morgan fingerprint density at radius 1 is 1.05 bits per heavy atom. The molecule has 1 N–H and O–H groups in total. The topological polar surface area (TPSA) is 32.3 Å². The average molecular weight is 280 g/mol. The van der Waals surface area contributed by atoms with Gasteiger partial charge in [-0.3, -0.25) is 4.79 Å². The number of anilines is 1. The fourth-order valence-corrected chi connectivity index (χ4v) is 2.91. The van der Waals surface area contributed by atoms with Gasteiger partial charge in [0.25, 0.3) is 0 Å². The van der Waals surface area contributed by atoms with Crippen molar-refractivity contribution < 1.29 is 4.79 Å². The van der Waals surface area contributed by atoms with Gasteiger partial charge in [-0.1, -0.05) is 48.5 Å². The highest BCUT2D eigenvalue weighted by Gasteiger charge is 2.37. The first-order chi connectivity index (χ1) is 10.3. The summed E-state index contributed by atoms with van der Waals surface area (Å²) in [5, 5.41) is 3.39. The molecule has 3 heteroatoms. The molecule has 0 radical (unpaired) electrons. The summed E-state index contributed by atoms with van der Waals surface area (Å²) in [6.45, 7) is 2.84. The van der Waals surface area contributed by atoms with Gasteiger partial charge in [0.1, 0.15) is 0 Å². The molecular weight excluding hydrogens is 260 g/mol. The number of hydrogen-bond donors (Lipinski definition) is 1. The molecule has 2 unspecified atom stereocenters. The molecule has 108 valence electrons. The smallest absolute Gasteiger partial charge is 0.244 e. The summed E-state index contributed by atoms with van der Waals surface area (Å²) in [5.41, 5.74) is 2.19. The first-order valence-corrected chi connectivity index (χ1v) is 7.41. The predicted molar refractivity (Wildman–Crippen MR) is 85.1 cm³/mol. The summed E-state index contributed by atoms with van der Waals surface area (Å²) in [5.74, 6) is 0.171. The fourth-order valence-electron chi connectivity index (χ4n) is 2.91. The lowest BCUT2D eigenvalue weighted by atomic mass is 10.1. The monoisotopic (exact) mass is 280 g/mol. The van der Waals surface area contributed by atoms with Crippen molar-refractivity contribution in [3.8, 4) is 0 Å². The van der Waals surface area contributed by atoms with E-state index in [0.29, 0.717) is 0 Å². The normalized spacial score (nSPS) is 21.8. The van der Waals surface area contributed by atoms with Crippen LogP contribution in [0.5, 0.6) is 0 Å². The number of carbonyl (C=O) groups is 1. The van der Waals surface area contributed by atoms with E-state index in [2.05, 4.69) is 24.4 Å². The SMILES string of the molecule is CC1CC(NCc2ccccc2)C(=O)N1c1ccccc1. The van der Waals surface area contributed by atoms with E-state index in [0.717, 1.165) is 18.7 Å². The van der Waals surface area contributed by atoms with Crippen molar-refractivity contribution in [1.29, 1.82) is 0 Å². The first kappa shape index (κ1) is 13.8. The number of rotatable bonds is 4. The minimum atomic E-state index is -0.0968. The summed E-state index contributed by atoms with van der Waals surface area (Å²) >= 11 is 0. The van der Waals surface area contributed by atoms with Gasteiger partial charge in [0.2, 0.25) is 5.91 Å². The quantitative estimate of drug-likeness (QED) is 0.934. The van der Waals surface area contributed by atoms with Gasteiger partial charge < -0.3 is 10.2 Å². The molecule has 2 aromatic carbocycles. The van der Waals surface area contributed by atoms with E-state index in [-0.39, 0.29) is 18.0 Å². The molecular formula is C18H20N2O. The number of hydrogen-bond acceptors (Lipinski definition) is 2. The standard InChI is InChI=1S/C18H20N2O/c1-14-12-17(19-13-15-8-4-2-5-9-15)18(21)20(14)16-10-6-3-7-11-16/h2-11,14,17,19H,12-13H2,1H3. The average Bonchev–Trinajstić information content (AvgIpc) is 2.81. The largest absolute Gasteiger partial charge is 0.308 e. The lowest BCUT2D eigenvalue weighted by Crippen LogP contribution is -2.38. The highest BCUT2D eigenvalue weighted by atomic mass is 16.2. The van der Waals surface area contributed by atoms with Gasteiger partial charge in [0.05, 0.1) is 6.04 Å². The third-order valence-corrected chi connectivity index (χ3v) is 3.98. The molecule has 0 aliphatic carbocycles. The summed E-state index contributed by atoms with van der Waals surface area (Å²) in [6.07, 6.45) is 0.848. The van der Waals surface area contributed by atoms with Gasteiger partial charge in [0.15, 0.2) is 0 Å². The Labute approximate surface area is 125 Å². The second-order valence-electron chi connectivity index (χ2n) is 5.55. The molecule has 1 amide bonds. The third kappa shape index (κ3) is 2.98. The molecule has 0 bridgehead atoms. The predicted octanol–water partition coefficient (Wildman–Crippen LogP) is 2.97. The van der Waals surface area contributed by atoms with Crippen LogP contribution in [0.1, 0.15) is 18.9 Å². The molecule has 1 heterocycles. The minimum absolute atomic E-state index is 0.0968. The molecule has 3 rings (SSSR count). The highest BCUT2D eigenvalue weighted by molar-refractivity contribution is 6.00. The number of carbonyl (C=O) groups excluding carboxylic acids is 1. The van der Waals surface area contributed by atoms with E-state index in [1.54, 1.807) is 0 Å². The van der Waals surface area contributed by atoms with Crippen LogP contribution in [-0.4, -0.2) is 18.0 Å². The van der Waals surface area contributed by atoms with E-state index in [1.807, 2.05) is 53.4 Å². The fraction of sp³-hybridized carbons (Fsp3) is 0.278. The highest BCUT2D eigenvalue weighted by Crippen LogP contribution is 2.26. The minimum Gasteiger partial charge on any atom is -0.308 e. The van der Waals surface area contributed by atoms with Gasteiger partial charge in [-0.15, -0.1) is 0 Å². The van der Waals surface area contributed by atoms with E-state index >= 15 is 0 Å². The summed E-state index contributed by atoms with van der Waals surface area (Å²) in [4.78, 5) is 14.5. The summed E-state index contributed by atoms with van der Waals surface area (Å²) < 4.78 is 0. The number of benzene rings is 2. The van der Waals surface area contributed by atoms with E-state index in [9.17, 15) is 4.79 Å². The Morgan fingerprint density at radius 2 is 1.67 bits per heavy atom. The summed E-state index contributed by atoms with van der Waals surface area (Å²) in [7, 11) is 0. The van der Waals surface area contributed by atoms with Gasteiger partial charge >= 0.3 is 0 Å². The maximum Gasteiger partial charge on any atom is 0.244 e. The molecule has 0 saturated carbocycles. The molecule has 1 aliphatic rings.